The van der Waals surface area contributed by atoms with Crippen LogP contribution in [-0.4, -0.2) is 31.8 Å². The number of benzene rings is 5. The van der Waals surface area contributed by atoms with Crippen LogP contribution in [0.3, 0.4) is 0 Å². The monoisotopic (exact) mass is 601 g/mol. The van der Waals surface area contributed by atoms with Crippen molar-refractivity contribution in [2.24, 2.45) is 0 Å². The summed E-state index contributed by atoms with van der Waals surface area (Å²) >= 11 is 0. The van der Waals surface area contributed by atoms with E-state index in [0.29, 0.717) is 11.5 Å². The Morgan fingerprint density at radius 2 is 1.34 bits per heavy atom. The van der Waals surface area contributed by atoms with Crippen molar-refractivity contribution in [1.29, 1.82) is 0 Å². The Morgan fingerprint density at radius 3 is 1.93 bits per heavy atom. The molecule has 0 unspecified atom stereocenters. The highest BCUT2D eigenvalue weighted by Gasteiger charge is 2.22. The third-order valence-electron chi connectivity index (χ3n) is 6.84. The van der Waals surface area contributed by atoms with Crippen LogP contribution < -0.4 is 9.47 Å². The van der Waals surface area contributed by atoms with Crippen LogP contribution in [0.25, 0.3) is 21.5 Å². The molecule has 0 aliphatic rings. The molecule has 7 heteroatoms. The first-order chi connectivity index (χ1) is 21.3. The summed E-state index contributed by atoms with van der Waals surface area (Å²) in [6.45, 7) is 3.56. The van der Waals surface area contributed by atoms with E-state index in [9.17, 15) is 13.2 Å². The first-order valence-electron chi connectivity index (χ1n) is 14.0. The number of ether oxygens (including phenoxy) is 2. The van der Waals surface area contributed by atoms with Gasteiger partial charge in [0.2, 0.25) is 10.0 Å². The number of nitrogens with zero attached hydrogens (tertiary/aromatic N) is 1. The summed E-state index contributed by atoms with van der Waals surface area (Å²) in [5, 5.41) is 3.99. The molecule has 0 fully saturated rings. The number of hydrogen-bond donors (Lipinski definition) is 0. The number of carbonyl (C=O) groups excluding carboxylic acids is 1. The number of hydrogen-bond acceptors (Lipinski definition) is 5. The maximum atomic E-state index is 13.4. The van der Waals surface area contributed by atoms with Gasteiger partial charge < -0.3 is 9.47 Å². The Balaban J connectivity index is 1.41. The van der Waals surface area contributed by atoms with E-state index >= 15 is 0 Å². The summed E-state index contributed by atoms with van der Waals surface area (Å²) in [5.41, 5.74) is 0.958. The Morgan fingerprint density at radius 1 is 0.773 bits per heavy atom. The molecule has 0 bridgehead atoms. The minimum atomic E-state index is -3.83. The van der Waals surface area contributed by atoms with E-state index in [-0.39, 0.29) is 23.7 Å². The Labute approximate surface area is 257 Å². The van der Waals surface area contributed by atoms with Gasteiger partial charge in [0.1, 0.15) is 17.3 Å². The summed E-state index contributed by atoms with van der Waals surface area (Å²) in [4.78, 5) is 13.2. The van der Waals surface area contributed by atoms with Crippen molar-refractivity contribution in [2.45, 2.75) is 18.7 Å². The highest BCUT2D eigenvalue weighted by atomic mass is 32.2. The molecule has 44 heavy (non-hydrogen) atoms. The predicted octanol–water partition coefficient (Wildman–Crippen LogP) is 7.44. The highest BCUT2D eigenvalue weighted by Crippen LogP contribution is 2.24. The molecule has 0 heterocycles. The van der Waals surface area contributed by atoms with Crippen LogP contribution in [0.5, 0.6) is 11.5 Å². The molecule has 5 aromatic rings. The zero-order valence-corrected chi connectivity index (χ0v) is 25.3. The molecule has 0 aromatic heterocycles. The fraction of sp³-hybridized carbons (Fsp3) is 0.108. The Kier molecular flexibility index (Phi) is 9.56. The molecule has 220 valence electrons. The maximum Gasteiger partial charge on any atom is 0.339 e. The van der Waals surface area contributed by atoms with Crippen molar-refractivity contribution < 1.29 is 22.7 Å². The fourth-order valence-corrected chi connectivity index (χ4v) is 5.83. The lowest BCUT2D eigenvalue weighted by Gasteiger charge is -2.18. The third kappa shape index (κ3) is 7.61. The number of rotatable bonds is 10. The number of aryl methyl sites for hydroxylation is 1. The summed E-state index contributed by atoms with van der Waals surface area (Å²) < 4.78 is 39.8. The molecule has 0 radical (unpaired) electrons. The van der Waals surface area contributed by atoms with E-state index < -0.39 is 16.0 Å². The van der Waals surface area contributed by atoms with Crippen molar-refractivity contribution in [2.75, 3.05) is 13.1 Å². The first-order valence-corrected chi connectivity index (χ1v) is 15.5. The minimum absolute atomic E-state index is 0.00301. The number of fused-ring (bicyclic) bond motifs is 2. The van der Waals surface area contributed by atoms with Gasteiger partial charge in [-0.2, -0.15) is 4.31 Å². The van der Waals surface area contributed by atoms with Crippen molar-refractivity contribution >= 4 is 37.5 Å². The molecule has 0 saturated carbocycles. The van der Waals surface area contributed by atoms with Gasteiger partial charge in [-0.05, 0) is 77.9 Å². The van der Waals surface area contributed by atoms with Gasteiger partial charge in [-0.1, -0.05) is 90.4 Å². The summed E-state index contributed by atoms with van der Waals surface area (Å²) in [5.74, 6) is 6.06. The third-order valence-corrected chi connectivity index (χ3v) is 8.66. The van der Waals surface area contributed by atoms with Crippen LogP contribution in [-0.2, 0) is 14.8 Å². The van der Waals surface area contributed by atoms with Crippen molar-refractivity contribution in [1.82, 2.24) is 4.31 Å². The average Bonchev–Trinajstić information content (AvgIpc) is 3.02. The van der Waals surface area contributed by atoms with Gasteiger partial charge in [-0.3, -0.25) is 0 Å². The average molecular weight is 602 g/mol. The van der Waals surface area contributed by atoms with Crippen LogP contribution in [0.2, 0.25) is 0 Å². The van der Waals surface area contributed by atoms with Crippen molar-refractivity contribution in [3.8, 4) is 23.3 Å². The fourth-order valence-electron chi connectivity index (χ4n) is 4.53. The van der Waals surface area contributed by atoms with E-state index in [1.165, 1.54) is 10.4 Å². The molecular formula is C37H31NO5S. The van der Waals surface area contributed by atoms with E-state index in [1.807, 2.05) is 79.7 Å². The summed E-state index contributed by atoms with van der Waals surface area (Å²) in [7, 11) is -3.83. The lowest BCUT2D eigenvalue weighted by molar-refractivity contribution is -0.129. The van der Waals surface area contributed by atoms with Crippen molar-refractivity contribution in [3.63, 3.8) is 0 Å². The Bertz CT molecular complexity index is 2030. The lowest BCUT2D eigenvalue weighted by Crippen LogP contribution is -2.31. The molecule has 6 nitrogen and oxygen atoms in total. The van der Waals surface area contributed by atoms with Crippen LogP contribution in [0.4, 0.5) is 0 Å². The Hall–Kier alpha value is -5.16. The highest BCUT2D eigenvalue weighted by molar-refractivity contribution is 7.89. The topological polar surface area (TPSA) is 72.9 Å². The standard InChI is InChI=1S/C37H31NO5S/c1-3-4-23-38(44(40,41)36-21-15-28(2)16-22-36)24-9-14-33(42-34-19-17-29-10-5-7-12-31(29)25-34)27-37(39)43-35-20-18-30-11-6-8-13-32(30)26-35/h5-22,25-27H,23-24H2,1-2H3/b14-9-,33-27-. The second-order valence-electron chi connectivity index (χ2n) is 10.0. The van der Waals surface area contributed by atoms with Gasteiger partial charge in [0.15, 0.2) is 0 Å². The van der Waals surface area contributed by atoms with Gasteiger partial charge in [0.05, 0.1) is 17.5 Å². The maximum absolute atomic E-state index is 13.4. The molecule has 0 saturated heterocycles. The lowest BCUT2D eigenvalue weighted by atomic mass is 10.1. The second-order valence-corrected chi connectivity index (χ2v) is 12.0. The van der Waals surface area contributed by atoms with E-state index in [1.54, 1.807) is 55.5 Å². The number of allylic oxidation sites excluding steroid dienone is 1. The molecule has 0 spiro atoms. The van der Waals surface area contributed by atoms with Crippen LogP contribution in [0.1, 0.15) is 12.5 Å². The molecule has 0 aliphatic carbocycles. The minimum Gasteiger partial charge on any atom is -0.457 e. The first kappa shape index (κ1) is 30.3. The van der Waals surface area contributed by atoms with Crippen LogP contribution >= 0.6 is 0 Å². The molecule has 0 atom stereocenters. The second kappa shape index (κ2) is 13.9. The molecule has 0 N–H and O–H groups in total. The number of esters is 1. The SMILES string of the molecule is CC#CCN(C/C=C\C(=C\C(=O)Oc1ccc2ccccc2c1)Oc1ccc2ccccc2c1)S(=O)(=O)c1ccc(C)cc1. The number of carbonyl (C=O) groups is 1. The zero-order chi connectivity index (χ0) is 30.9. The normalized spacial score (nSPS) is 11.9. The van der Waals surface area contributed by atoms with Gasteiger partial charge >= 0.3 is 5.97 Å². The van der Waals surface area contributed by atoms with Crippen molar-refractivity contribution in [3.05, 3.63) is 139 Å². The van der Waals surface area contributed by atoms with E-state index in [4.69, 9.17) is 9.47 Å². The van der Waals surface area contributed by atoms with E-state index in [0.717, 1.165) is 27.1 Å². The van der Waals surface area contributed by atoms with Gasteiger partial charge in [-0.25, -0.2) is 13.2 Å². The zero-order valence-electron chi connectivity index (χ0n) is 24.4. The molecule has 5 aromatic carbocycles. The quantitative estimate of drug-likeness (QED) is 0.0416. The molecule has 0 amide bonds. The summed E-state index contributed by atoms with van der Waals surface area (Å²) in [6.07, 6.45) is 4.43. The van der Waals surface area contributed by atoms with E-state index in [2.05, 4.69) is 11.8 Å². The van der Waals surface area contributed by atoms with Gasteiger partial charge in [0, 0.05) is 6.54 Å². The predicted molar refractivity (Wildman–Crippen MR) is 175 cm³/mol. The smallest absolute Gasteiger partial charge is 0.339 e. The van der Waals surface area contributed by atoms with Crippen LogP contribution in [0.15, 0.2) is 138 Å². The molecule has 5 rings (SSSR count). The largest absolute Gasteiger partial charge is 0.457 e. The van der Waals surface area contributed by atoms with Crippen LogP contribution in [0, 0.1) is 18.8 Å². The van der Waals surface area contributed by atoms with Gasteiger partial charge in [0.25, 0.3) is 0 Å². The molecule has 0 aliphatic heterocycles. The summed E-state index contributed by atoms with van der Waals surface area (Å²) in [6, 6.07) is 33.3. The van der Waals surface area contributed by atoms with Gasteiger partial charge in [-0.15, -0.1) is 5.92 Å². The number of sulfonamides is 1. The molecular weight excluding hydrogens is 570 g/mol.